The molecule has 2 N–H and O–H groups in total. The van der Waals surface area contributed by atoms with Crippen LogP contribution in [0.4, 0.5) is 13.2 Å². The van der Waals surface area contributed by atoms with Gasteiger partial charge in [0.2, 0.25) is 0 Å². The van der Waals surface area contributed by atoms with Crippen molar-refractivity contribution >= 4 is 11.3 Å². The van der Waals surface area contributed by atoms with Crippen LogP contribution in [0.25, 0.3) is 0 Å². The van der Waals surface area contributed by atoms with Gasteiger partial charge in [-0.25, -0.2) is 0 Å². The fraction of sp³-hybridized carbons (Fsp3) is 0.692. The molecule has 0 radical (unpaired) electrons. The fourth-order valence-corrected chi connectivity index (χ4v) is 2.70. The van der Waals surface area contributed by atoms with Gasteiger partial charge in [0.25, 0.3) is 0 Å². The van der Waals surface area contributed by atoms with E-state index in [0.29, 0.717) is 13.0 Å². The SMILES string of the molecule is CN(Cc1cccs1)C(C)(CN)CCCC(F)(F)F. The molecule has 1 unspecified atom stereocenters. The van der Waals surface area contributed by atoms with Crippen LogP contribution in [0.1, 0.15) is 31.1 Å². The number of hydrogen-bond donors (Lipinski definition) is 1. The summed E-state index contributed by atoms with van der Waals surface area (Å²) >= 11 is 1.64. The maximum Gasteiger partial charge on any atom is 0.389 e. The maximum absolute atomic E-state index is 12.2. The number of rotatable bonds is 7. The predicted molar refractivity (Wildman–Crippen MR) is 73.2 cm³/mol. The number of nitrogens with two attached hydrogens (primary N) is 1. The van der Waals surface area contributed by atoms with Gasteiger partial charge in [-0.1, -0.05) is 6.07 Å². The Morgan fingerprint density at radius 1 is 1.32 bits per heavy atom. The first-order chi connectivity index (χ1) is 8.77. The Labute approximate surface area is 116 Å². The number of nitrogens with zero attached hydrogens (tertiary/aromatic N) is 1. The minimum Gasteiger partial charge on any atom is -0.329 e. The van der Waals surface area contributed by atoms with E-state index in [0.717, 1.165) is 6.54 Å². The monoisotopic (exact) mass is 294 g/mol. The van der Waals surface area contributed by atoms with E-state index in [-0.39, 0.29) is 6.42 Å². The third-order valence-electron chi connectivity index (χ3n) is 3.51. The molecule has 0 fully saturated rings. The number of thiophene rings is 1. The van der Waals surface area contributed by atoms with Gasteiger partial charge in [-0.15, -0.1) is 11.3 Å². The topological polar surface area (TPSA) is 29.3 Å². The van der Waals surface area contributed by atoms with Crippen LogP contribution in [-0.2, 0) is 6.54 Å². The summed E-state index contributed by atoms with van der Waals surface area (Å²) in [7, 11) is 1.92. The second kappa shape index (κ2) is 6.72. The molecule has 2 nitrogen and oxygen atoms in total. The van der Waals surface area contributed by atoms with Gasteiger partial charge >= 0.3 is 6.18 Å². The molecule has 1 heterocycles. The van der Waals surface area contributed by atoms with Crippen LogP contribution in [0, 0.1) is 0 Å². The van der Waals surface area contributed by atoms with E-state index in [9.17, 15) is 13.2 Å². The zero-order valence-electron chi connectivity index (χ0n) is 11.3. The summed E-state index contributed by atoms with van der Waals surface area (Å²) < 4.78 is 36.6. The van der Waals surface area contributed by atoms with E-state index in [1.807, 2.05) is 31.5 Å². The third-order valence-corrected chi connectivity index (χ3v) is 4.37. The molecule has 0 aromatic carbocycles. The number of hydrogen-bond acceptors (Lipinski definition) is 3. The molecule has 0 aliphatic heterocycles. The standard InChI is InChI=1S/C13H21F3N2S/c1-12(10-17,6-4-7-13(14,15)16)18(2)9-11-5-3-8-19-11/h3,5,8H,4,6-7,9-10,17H2,1-2H3. The molecule has 0 bridgehead atoms. The van der Waals surface area contributed by atoms with E-state index < -0.39 is 18.1 Å². The van der Waals surface area contributed by atoms with Crippen molar-refractivity contribution in [2.75, 3.05) is 13.6 Å². The second-order valence-corrected chi connectivity index (χ2v) is 6.14. The molecule has 0 aliphatic rings. The van der Waals surface area contributed by atoms with E-state index in [2.05, 4.69) is 4.90 Å². The zero-order chi connectivity index (χ0) is 14.5. The summed E-state index contributed by atoms with van der Waals surface area (Å²) in [6, 6.07) is 3.99. The van der Waals surface area contributed by atoms with E-state index in [1.54, 1.807) is 11.3 Å². The van der Waals surface area contributed by atoms with Crippen LogP contribution >= 0.6 is 11.3 Å². The Balaban J connectivity index is 2.53. The van der Waals surface area contributed by atoms with Gasteiger partial charge in [0, 0.05) is 29.9 Å². The highest BCUT2D eigenvalue weighted by Gasteiger charge is 2.31. The molecule has 6 heteroatoms. The average molecular weight is 294 g/mol. The highest BCUT2D eigenvalue weighted by molar-refractivity contribution is 7.09. The number of halogens is 3. The quantitative estimate of drug-likeness (QED) is 0.832. The highest BCUT2D eigenvalue weighted by Crippen LogP contribution is 2.28. The van der Waals surface area contributed by atoms with E-state index in [4.69, 9.17) is 5.73 Å². The van der Waals surface area contributed by atoms with Gasteiger partial charge in [-0.3, -0.25) is 4.90 Å². The molecule has 0 saturated heterocycles. The van der Waals surface area contributed by atoms with Crippen LogP contribution in [-0.4, -0.2) is 30.2 Å². The van der Waals surface area contributed by atoms with Gasteiger partial charge in [0.05, 0.1) is 0 Å². The van der Waals surface area contributed by atoms with Crippen molar-refractivity contribution in [1.82, 2.24) is 4.90 Å². The summed E-state index contributed by atoms with van der Waals surface area (Å²) in [4.78, 5) is 3.24. The lowest BCUT2D eigenvalue weighted by Gasteiger charge is -2.38. The summed E-state index contributed by atoms with van der Waals surface area (Å²) in [6.07, 6.45) is -4.26. The Hall–Kier alpha value is -0.590. The van der Waals surface area contributed by atoms with Crippen molar-refractivity contribution in [3.63, 3.8) is 0 Å². The Morgan fingerprint density at radius 3 is 2.47 bits per heavy atom. The molecule has 110 valence electrons. The van der Waals surface area contributed by atoms with Crippen LogP contribution in [0.5, 0.6) is 0 Å². The normalized spacial score (nSPS) is 15.7. The molecule has 1 aromatic rings. The lowest BCUT2D eigenvalue weighted by atomic mass is 9.93. The molecule has 1 atom stereocenters. The predicted octanol–water partition coefficient (Wildman–Crippen LogP) is 3.63. The lowest BCUT2D eigenvalue weighted by molar-refractivity contribution is -0.136. The maximum atomic E-state index is 12.2. The first kappa shape index (κ1) is 16.5. The smallest absolute Gasteiger partial charge is 0.329 e. The van der Waals surface area contributed by atoms with Gasteiger partial charge in [0.15, 0.2) is 0 Å². The first-order valence-electron chi connectivity index (χ1n) is 6.27. The lowest BCUT2D eigenvalue weighted by Crippen LogP contribution is -2.49. The number of alkyl halides is 3. The Kier molecular flexibility index (Phi) is 5.82. The van der Waals surface area contributed by atoms with Crippen molar-refractivity contribution in [2.24, 2.45) is 5.73 Å². The van der Waals surface area contributed by atoms with Crippen molar-refractivity contribution in [3.8, 4) is 0 Å². The van der Waals surface area contributed by atoms with Crippen LogP contribution in [0.15, 0.2) is 17.5 Å². The number of likely N-dealkylation sites (N-methyl/N-ethyl adjacent to an activating group) is 1. The minimum atomic E-state index is -4.08. The Bertz CT molecular complexity index is 364. The average Bonchev–Trinajstić information content (AvgIpc) is 2.79. The largest absolute Gasteiger partial charge is 0.389 e. The summed E-state index contributed by atoms with van der Waals surface area (Å²) in [5, 5.41) is 1.99. The van der Waals surface area contributed by atoms with Gasteiger partial charge < -0.3 is 5.73 Å². The molecule has 0 amide bonds. The molecular weight excluding hydrogens is 273 g/mol. The summed E-state index contributed by atoms with van der Waals surface area (Å²) in [5.74, 6) is 0. The van der Waals surface area contributed by atoms with Gasteiger partial charge in [0.1, 0.15) is 0 Å². The molecule has 0 spiro atoms. The Morgan fingerprint density at radius 2 is 2.00 bits per heavy atom. The molecule has 0 saturated carbocycles. The van der Waals surface area contributed by atoms with Gasteiger partial charge in [-0.05, 0) is 38.3 Å². The second-order valence-electron chi connectivity index (χ2n) is 5.11. The van der Waals surface area contributed by atoms with Crippen LogP contribution < -0.4 is 5.73 Å². The van der Waals surface area contributed by atoms with Crippen molar-refractivity contribution in [2.45, 2.75) is 44.4 Å². The molecule has 1 rings (SSSR count). The van der Waals surface area contributed by atoms with E-state index in [1.165, 1.54) is 4.88 Å². The summed E-state index contributed by atoms with van der Waals surface area (Å²) in [5.41, 5.74) is 5.37. The highest BCUT2D eigenvalue weighted by atomic mass is 32.1. The fourth-order valence-electron chi connectivity index (χ4n) is 1.95. The van der Waals surface area contributed by atoms with Crippen LogP contribution in [0.3, 0.4) is 0 Å². The van der Waals surface area contributed by atoms with Crippen molar-refractivity contribution in [3.05, 3.63) is 22.4 Å². The van der Waals surface area contributed by atoms with Crippen molar-refractivity contribution in [1.29, 1.82) is 0 Å². The van der Waals surface area contributed by atoms with E-state index >= 15 is 0 Å². The molecular formula is C13H21F3N2S. The molecule has 1 aromatic heterocycles. The zero-order valence-corrected chi connectivity index (χ0v) is 12.2. The molecule has 0 aliphatic carbocycles. The van der Waals surface area contributed by atoms with Crippen molar-refractivity contribution < 1.29 is 13.2 Å². The molecule has 19 heavy (non-hydrogen) atoms. The first-order valence-corrected chi connectivity index (χ1v) is 7.15. The summed E-state index contributed by atoms with van der Waals surface area (Å²) in [6.45, 7) is 3.00. The minimum absolute atomic E-state index is 0.117. The van der Waals surface area contributed by atoms with Crippen LogP contribution in [0.2, 0.25) is 0 Å². The van der Waals surface area contributed by atoms with Gasteiger partial charge in [-0.2, -0.15) is 13.2 Å². The third kappa shape index (κ3) is 5.50.